The van der Waals surface area contributed by atoms with Crippen LogP contribution in [0.15, 0.2) is 78.9 Å². The number of aryl methyl sites for hydroxylation is 1. The van der Waals surface area contributed by atoms with Crippen LogP contribution in [0, 0.1) is 12.8 Å². The number of nitrogens with one attached hydrogen (secondary N) is 1. The Morgan fingerprint density at radius 3 is 2.03 bits per heavy atom. The van der Waals surface area contributed by atoms with Crippen LogP contribution in [0.25, 0.3) is 0 Å². The molecule has 1 aliphatic heterocycles. The Labute approximate surface area is 205 Å². The van der Waals surface area contributed by atoms with E-state index in [-0.39, 0.29) is 24.0 Å². The molecule has 0 aliphatic carbocycles. The molecule has 1 saturated heterocycles. The highest BCUT2D eigenvalue weighted by Crippen LogP contribution is 2.48. The lowest BCUT2D eigenvalue weighted by atomic mass is 9.72. The SMILES string of the molecule is CNN1CC(CCO)C(c2cc(C(C)(C)C)ccc2C)C1C(c1ccccc1)c1ccccc1. The van der Waals surface area contributed by atoms with Gasteiger partial charge in [-0.15, -0.1) is 0 Å². The van der Waals surface area contributed by atoms with Crippen molar-refractivity contribution in [2.24, 2.45) is 5.92 Å². The predicted molar refractivity (Wildman–Crippen MR) is 142 cm³/mol. The number of hydrogen-bond donors (Lipinski definition) is 2. The fraction of sp³-hybridized carbons (Fsp3) is 0.419. The van der Waals surface area contributed by atoms with Crippen LogP contribution in [0.3, 0.4) is 0 Å². The van der Waals surface area contributed by atoms with Gasteiger partial charge in [0.2, 0.25) is 0 Å². The van der Waals surface area contributed by atoms with E-state index in [1.165, 1.54) is 27.8 Å². The molecule has 3 heteroatoms. The van der Waals surface area contributed by atoms with Gasteiger partial charge >= 0.3 is 0 Å². The first-order chi connectivity index (χ1) is 16.3. The van der Waals surface area contributed by atoms with Crippen molar-refractivity contribution in [1.82, 2.24) is 10.4 Å². The van der Waals surface area contributed by atoms with E-state index in [1.54, 1.807) is 0 Å². The monoisotopic (exact) mass is 456 g/mol. The molecule has 0 saturated carbocycles. The molecule has 0 bridgehead atoms. The van der Waals surface area contributed by atoms with Gasteiger partial charge in [0.25, 0.3) is 0 Å². The van der Waals surface area contributed by atoms with Gasteiger partial charge in [0.05, 0.1) is 0 Å². The molecule has 2 N–H and O–H groups in total. The smallest absolute Gasteiger partial charge is 0.0434 e. The molecular weight excluding hydrogens is 416 g/mol. The molecule has 34 heavy (non-hydrogen) atoms. The van der Waals surface area contributed by atoms with Gasteiger partial charge in [-0.05, 0) is 59.5 Å². The molecule has 0 amide bonds. The third-order valence-corrected chi connectivity index (χ3v) is 7.62. The van der Waals surface area contributed by atoms with Gasteiger partial charge in [-0.3, -0.25) is 5.43 Å². The summed E-state index contributed by atoms with van der Waals surface area (Å²) in [4.78, 5) is 0. The highest BCUT2D eigenvalue weighted by Gasteiger charge is 2.47. The molecule has 3 unspecified atom stereocenters. The maximum absolute atomic E-state index is 10.0. The van der Waals surface area contributed by atoms with Crippen LogP contribution in [-0.2, 0) is 5.41 Å². The normalized spacial score (nSPS) is 21.3. The van der Waals surface area contributed by atoms with Crippen molar-refractivity contribution in [3.05, 3.63) is 107 Å². The summed E-state index contributed by atoms with van der Waals surface area (Å²) in [5.74, 6) is 0.875. The Bertz CT molecular complexity index is 1020. The first-order valence-corrected chi connectivity index (χ1v) is 12.6. The molecule has 4 rings (SSSR count). The van der Waals surface area contributed by atoms with Crippen LogP contribution in [-0.4, -0.2) is 36.4 Å². The predicted octanol–water partition coefficient (Wildman–Crippen LogP) is 6.03. The molecule has 1 aliphatic rings. The molecule has 180 valence electrons. The summed E-state index contributed by atoms with van der Waals surface area (Å²) in [6.07, 6.45) is 0.800. The summed E-state index contributed by atoms with van der Waals surface area (Å²) in [7, 11) is 2.04. The topological polar surface area (TPSA) is 35.5 Å². The first-order valence-electron chi connectivity index (χ1n) is 12.6. The van der Waals surface area contributed by atoms with Crippen molar-refractivity contribution in [3.63, 3.8) is 0 Å². The molecule has 1 fully saturated rings. The summed E-state index contributed by atoms with van der Waals surface area (Å²) < 4.78 is 0. The lowest BCUT2D eigenvalue weighted by molar-refractivity contribution is 0.165. The second-order valence-electron chi connectivity index (χ2n) is 10.8. The second-order valence-corrected chi connectivity index (χ2v) is 10.8. The number of rotatable bonds is 7. The first kappa shape index (κ1) is 24.7. The standard InChI is InChI=1S/C31H40N2O/c1-22-16-17-26(31(2,3)4)20-27(22)29-25(18-19-34)21-33(32-5)30(29)28(23-12-8-6-9-13-23)24-14-10-7-11-15-24/h6-17,20,25,28-30,32,34H,18-19,21H2,1-5H3. The van der Waals surface area contributed by atoms with E-state index < -0.39 is 0 Å². The summed E-state index contributed by atoms with van der Waals surface area (Å²) in [6, 6.07) is 29.1. The Morgan fingerprint density at radius 2 is 1.53 bits per heavy atom. The maximum atomic E-state index is 10.0. The molecule has 3 aromatic rings. The van der Waals surface area contributed by atoms with Crippen LogP contribution < -0.4 is 5.43 Å². The van der Waals surface area contributed by atoms with E-state index in [2.05, 4.69) is 117 Å². The Kier molecular flexibility index (Phi) is 7.57. The van der Waals surface area contributed by atoms with Crippen molar-refractivity contribution in [1.29, 1.82) is 0 Å². The van der Waals surface area contributed by atoms with E-state index >= 15 is 0 Å². The van der Waals surface area contributed by atoms with Gasteiger partial charge in [0.1, 0.15) is 0 Å². The third kappa shape index (κ3) is 4.98. The van der Waals surface area contributed by atoms with Crippen molar-refractivity contribution in [3.8, 4) is 0 Å². The van der Waals surface area contributed by atoms with Crippen molar-refractivity contribution in [2.45, 2.75) is 57.4 Å². The van der Waals surface area contributed by atoms with Crippen molar-refractivity contribution in [2.75, 3.05) is 20.2 Å². The molecule has 3 aromatic carbocycles. The minimum absolute atomic E-state index is 0.0873. The lowest BCUT2D eigenvalue weighted by Gasteiger charge is -2.37. The Morgan fingerprint density at radius 1 is 0.941 bits per heavy atom. The van der Waals surface area contributed by atoms with Gasteiger partial charge in [-0.1, -0.05) is 99.6 Å². The Balaban J connectivity index is 1.92. The molecule has 0 aromatic heterocycles. The summed E-state index contributed by atoms with van der Waals surface area (Å²) in [5.41, 5.74) is 10.4. The van der Waals surface area contributed by atoms with Crippen LogP contribution >= 0.6 is 0 Å². The number of aliphatic hydroxyl groups excluding tert-OH is 1. The minimum atomic E-state index is 0.0873. The zero-order chi connectivity index (χ0) is 24.3. The molecule has 3 atom stereocenters. The van der Waals surface area contributed by atoms with E-state index in [1.807, 2.05) is 7.05 Å². The number of benzene rings is 3. The van der Waals surface area contributed by atoms with Gasteiger partial charge < -0.3 is 5.11 Å². The van der Waals surface area contributed by atoms with Gasteiger partial charge in [0.15, 0.2) is 0 Å². The van der Waals surface area contributed by atoms with Gasteiger partial charge in [-0.2, -0.15) is 0 Å². The number of nitrogens with zero attached hydrogens (tertiary/aromatic N) is 1. The number of hydrogen-bond acceptors (Lipinski definition) is 3. The molecule has 3 nitrogen and oxygen atoms in total. The van der Waals surface area contributed by atoms with Gasteiger partial charge in [0, 0.05) is 31.0 Å². The van der Waals surface area contributed by atoms with Crippen molar-refractivity contribution < 1.29 is 5.11 Å². The third-order valence-electron chi connectivity index (χ3n) is 7.62. The quantitative estimate of drug-likeness (QED) is 0.456. The number of aliphatic hydroxyl groups is 1. The van der Waals surface area contributed by atoms with E-state index in [9.17, 15) is 5.11 Å². The highest BCUT2D eigenvalue weighted by atomic mass is 16.3. The average molecular weight is 457 g/mol. The summed E-state index contributed by atoms with van der Waals surface area (Å²) >= 11 is 0. The van der Waals surface area contributed by atoms with Crippen LogP contribution in [0.4, 0.5) is 0 Å². The van der Waals surface area contributed by atoms with E-state index in [0.717, 1.165) is 13.0 Å². The highest BCUT2D eigenvalue weighted by molar-refractivity contribution is 5.42. The summed E-state index contributed by atoms with van der Waals surface area (Å²) in [5, 5.41) is 12.5. The van der Waals surface area contributed by atoms with Crippen LogP contribution in [0.2, 0.25) is 0 Å². The maximum Gasteiger partial charge on any atom is 0.0434 e. The van der Waals surface area contributed by atoms with Gasteiger partial charge in [-0.25, -0.2) is 5.01 Å². The Hall–Kier alpha value is -2.46. The lowest BCUT2D eigenvalue weighted by Crippen LogP contribution is -2.44. The molecular formula is C31H40N2O. The van der Waals surface area contributed by atoms with Crippen LogP contribution in [0.1, 0.15) is 66.8 Å². The molecule has 0 spiro atoms. The van der Waals surface area contributed by atoms with Crippen LogP contribution in [0.5, 0.6) is 0 Å². The zero-order valence-electron chi connectivity index (χ0n) is 21.3. The van der Waals surface area contributed by atoms with E-state index in [4.69, 9.17) is 0 Å². The minimum Gasteiger partial charge on any atom is -0.396 e. The largest absolute Gasteiger partial charge is 0.396 e. The number of hydrazine groups is 1. The summed E-state index contributed by atoms with van der Waals surface area (Å²) in [6.45, 7) is 10.2. The zero-order valence-corrected chi connectivity index (χ0v) is 21.3. The molecule has 0 radical (unpaired) electrons. The fourth-order valence-electron chi connectivity index (χ4n) is 5.84. The fourth-order valence-corrected chi connectivity index (χ4v) is 5.84. The molecule has 1 heterocycles. The average Bonchev–Trinajstić information content (AvgIpc) is 3.18. The van der Waals surface area contributed by atoms with E-state index in [0.29, 0.717) is 11.8 Å². The second kappa shape index (κ2) is 10.4. The van der Waals surface area contributed by atoms with Crippen molar-refractivity contribution >= 4 is 0 Å².